The van der Waals surface area contributed by atoms with E-state index in [0.29, 0.717) is 37.9 Å². The summed E-state index contributed by atoms with van der Waals surface area (Å²) in [7, 11) is 3.06. The molecule has 1 aliphatic rings. The van der Waals surface area contributed by atoms with Gasteiger partial charge in [0.05, 0.1) is 42.9 Å². The lowest BCUT2D eigenvalue weighted by molar-refractivity contribution is -0.138. The predicted octanol–water partition coefficient (Wildman–Crippen LogP) is 3.55. The molecule has 4 aromatic rings. The molecule has 5 rings (SSSR count). The number of rotatable bonds is 7. The van der Waals surface area contributed by atoms with E-state index in [-0.39, 0.29) is 17.7 Å². The zero-order valence-corrected chi connectivity index (χ0v) is 21.3. The quantitative estimate of drug-likeness (QED) is 0.349. The van der Waals surface area contributed by atoms with E-state index < -0.39 is 12.0 Å². The first-order valence-corrected chi connectivity index (χ1v) is 12.4. The molecule has 1 aliphatic heterocycles. The van der Waals surface area contributed by atoms with Crippen LogP contribution in [0.4, 0.5) is 0 Å². The van der Waals surface area contributed by atoms with Crippen LogP contribution < -0.4 is 24.4 Å². The summed E-state index contributed by atoms with van der Waals surface area (Å²) < 4.78 is 24.1. The highest BCUT2D eigenvalue weighted by Crippen LogP contribution is 2.42. The van der Waals surface area contributed by atoms with Crippen LogP contribution in [0.1, 0.15) is 29.9 Å². The van der Waals surface area contributed by atoms with Crippen molar-refractivity contribution in [1.82, 2.24) is 4.57 Å². The number of aromatic nitrogens is 1. The van der Waals surface area contributed by atoms with Crippen molar-refractivity contribution in [1.29, 1.82) is 0 Å². The number of fused-ring (bicyclic) bond motifs is 1. The van der Waals surface area contributed by atoms with E-state index >= 15 is 0 Å². The summed E-state index contributed by atoms with van der Waals surface area (Å²) in [6, 6.07) is 17.4. The zero-order valence-electron chi connectivity index (χ0n) is 20.5. The molecule has 0 bridgehead atoms. The standard InChI is InChI=1S/C28H24N2O6S/c1-4-35-27(32)22-23(17-10-6-5-7-11-17)29-28-30(26(31)21(37-28)16-18-12-9-15-36-18)24(22)19-13-8-14-20(33-2)25(19)34-3/h5-16,24H,4H2,1-3H3/b21-16-/t24-/m1/s1. The number of thiazole rings is 1. The Balaban J connectivity index is 1.89. The lowest BCUT2D eigenvalue weighted by Crippen LogP contribution is -2.40. The van der Waals surface area contributed by atoms with Crippen LogP contribution in [0.2, 0.25) is 0 Å². The van der Waals surface area contributed by atoms with Crippen LogP contribution in [-0.2, 0) is 9.53 Å². The first-order chi connectivity index (χ1) is 18.1. The van der Waals surface area contributed by atoms with Crippen LogP contribution >= 0.6 is 11.3 Å². The molecule has 37 heavy (non-hydrogen) atoms. The highest BCUT2D eigenvalue weighted by Gasteiger charge is 2.37. The van der Waals surface area contributed by atoms with Gasteiger partial charge < -0.3 is 18.6 Å². The van der Waals surface area contributed by atoms with Crippen LogP contribution in [0.5, 0.6) is 11.5 Å². The highest BCUT2D eigenvalue weighted by atomic mass is 32.1. The Bertz CT molecular complexity index is 1650. The summed E-state index contributed by atoms with van der Waals surface area (Å²) >= 11 is 1.22. The predicted molar refractivity (Wildman–Crippen MR) is 139 cm³/mol. The number of furan rings is 1. The van der Waals surface area contributed by atoms with E-state index in [1.165, 1.54) is 30.1 Å². The Morgan fingerprint density at radius 3 is 2.57 bits per heavy atom. The highest BCUT2D eigenvalue weighted by molar-refractivity contribution is 7.07. The van der Waals surface area contributed by atoms with E-state index in [0.717, 1.165) is 5.56 Å². The maximum absolute atomic E-state index is 13.8. The van der Waals surface area contributed by atoms with Crippen LogP contribution in [0, 0.1) is 0 Å². The molecule has 0 aliphatic carbocycles. The number of nitrogens with zero attached hydrogens (tertiary/aromatic N) is 2. The van der Waals surface area contributed by atoms with E-state index in [1.54, 1.807) is 43.5 Å². The molecular weight excluding hydrogens is 492 g/mol. The number of para-hydroxylation sites is 1. The molecule has 9 heteroatoms. The molecular formula is C28H24N2O6S. The number of methoxy groups -OCH3 is 2. The Labute approximate surface area is 216 Å². The number of hydrogen-bond donors (Lipinski definition) is 0. The molecule has 2 aromatic heterocycles. The summed E-state index contributed by atoms with van der Waals surface area (Å²) in [5.74, 6) is 0.847. The third-order valence-electron chi connectivity index (χ3n) is 5.92. The van der Waals surface area contributed by atoms with Crippen LogP contribution in [-0.4, -0.2) is 31.4 Å². The molecule has 188 valence electrons. The van der Waals surface area contributed by atoms with Gasteiger partial charge in [0.2, 0.25) is 0 Å². The van der Waals surface area contributed by atoms with Gasteiger partial charge in [0.1, 0.15) is 11.8 Å². The molecule has 1 atom stereocenters. The second-order valence-corrected chi connectivity index (χ2v) is 9.04. The summed E-state index contributed by atoms with van der Waals surface area (Å²) in [6.07, 6.45) is 3.21. The minimum Gasteiger partial charge on any atom is -0.493 e. The van der Waals surface area contributed by atoms with E-state index in [4.69, 9.17) is 23.6 Å². The van der Waals surface area contributed by atoms with Crippen molar-refractivity contribution in [3.05, 3.63) is 109 Å². The van der Waals surface area contributed by atoms with Crippen molar-refractivity contribution in [3.8, 4) is 11.5 Å². The van der Waals surface area contributed by atoms with Gasteiger partial charge in [0, 0.05) is 17.2 Å². The third kappa shape index (κ3) is 4.38. The van der Waals surface area contributed by atoms with Crippen molar-refractivity contribution < 1.29 is 23.4 Å². The molecule has 0 saturated carbocycles. The fourth-order valence-electron chi connectivity index (χ4n) is 4.36. The number of ether oxygens (including phenoxy) is 3. The van der Waals surface area contributed by atoms with E-state index in [1.807, 2.05) is 36.4 Å². The SMILES string of the molecule is CCOC(=O)C1=C(c2ccccc2)N=c2s/c(=C\c3ccco3)c(=O)n2[C@@H]1c1cccc(OC)c1OC. The van der Waals surface area contributed by atoms with Crippen molar-refractivity contribution in [2.45, 2.75) is 13.0 Å². The number of carbonyl (C=O) groups excluding carboxylic acids is 1. The second-order valence-electron chi connectivity index (χ2n) is 8.03. The Morgan fingerprint density at radius 2 is 1.89 bits per heavy atom. The minimum absolute atomic E-state index is 0.162. The van der Waals surface area contributed by atoms with Gasteiger partial charge in [0.25, 0.3) is 5.56 Å². The number of hydrogen-bond acceptors (Lipinski definition) is 8. The summed E-state index contributed by atoms with van der Waals surface area (Å²) in [6.45, 7) is 1.90. The maximum atomic E-state index is 13.8. The van der Waals surface area contributed by atoms with Gasteiger partial charge in [0.15, 0.2) is 16.3 Å². The molecule has 0 fully saturated rings. The van der Waals surface area contributed by atoms with Crippen molar-refractivity contribution in [2.75, 3.05) is 20.8 Å². The van der Waals surface area contributed by atoms with Crippen molar-refractivity contribution in [3.63, 3.8) is 0 Å². The average Bonchev–Trinajstić information content (AvgIpc) is 3.55. The molecule has 0 unspecified atom stereocenters. The summed E-state index contributed by atoms with van der Waals surface area (Å²) in [4.78, 5) is 32.7. The summed E-state index contributed by atoms with van der Waals surface area (Å²) in [5.41, 5.74) is 1.64. The number of esters is 1. The van der Waals surface area contributed by atoms with Crippen LogP contribution in [0.15, 0.2) is 86.7 Å². The molecule has 0 radical (unpaired) electrons. The minimum atomic E-state index is -0.880. The topological polar surface area (TPSA) is 92.3 Å². The molecule has 0 N–H and O–H groups in total. The average molecular weight is 517 g/mol. The molecule has 2 aromatic carbocycles. The van der Waals surface area contributed by atoms with Crippen molar-refractivity contribution in [2.24, 2.45) is 4.99 Å². The van der Waals surface area contributed by atoms with Gasteiger partial charge >= 0.3 is 5.97 Å². The van der Waals surface area contributed by atoms with Gasteiger partial charge in [-0.15, -0.1) is 0 Å². The first kappa shape index (κ1) is 24.3. The summed E-state index contributed by atoms with van der Waals surface area (Å²) in [5, 5.41) is 0. The molecule has 3 heterocycles. The first-order valence-electron chi connectivity index (χ1n) is 11.6. The third-order valence-corrected chi connectivity index (χ3v) is 6.90. The molecule has 0 saturated heterocycles. The van der Waals surface area contributed by atoms with E-state index in [2.05, 4.69) is 0 Å². The van der Waals surface area contributed by atoms with Crippen molar-refractivity contribution >= 4 is 29.1 Å². The van der Waals surface area contributed by atoms with Gasteiger partial charge in [-0.25, -0.2) is 9.79 Å². The number of benzene rings is 2. The molecule has 8 nitrogen and oxygen atoms in total. The Kier molecular flexibility index (Phi) is 6.78. The van der Waals surface area contributed by atoms with Gasteiger partial charge in [-0.3, -0.25) is 9.36 Å². The fourth-order valence-corrected chi connectivity index (χ4v) is 5.35. The fraction of sp³-hybridized carbons (Fsp3) is 0.179. The molecule has 0 spiro atoms. The number of carbonyl (C=O) groups is 1. The Hall–Kier alpha value is -4.37. The van der Waals surface area contributed by atoms with Gasteiger partial charge in [-0.1, -0.05) is 53.8 Å². The Morgan fingerprint density at radius 1 is 1.08 bits per heavy atom. The normalized spacial score (nSPS) is 15.2. The molecule has 0 amide bonds. The van der Waals surface area contributed by atoms with E-state index in [9.17, 15) is 9.59 Å². The monoisotopic (exact) mass is 516 g/mol. The second kappa shape index (κ2) is 10.3. The lowest BCUT2D eigenvalue weighted by atomic mass is 9.92. The smallest absolute Gasteiger partial charge is 0.338 e. The van der Waals surface area contributed by atoms with Crippen LogP contribution in [0.3, 0.4) is 0 Å². The maximum Gasteiger partial charge on any atom is 0.338 e. The lowest BCUT2D eigenvalue weighted by Gasteiger charge is -2.27. The van der Waals surface area contributed by atoms with Crippen LogP contribution in [0.25, 0.3) is 11.8 Å². The largest absolute Gasteiger partial charge is 0.493 e. The zero-order chi connectivity index (χ0) is 25.9. The van der Waals surface area contributed by atoms with Gasteiger partial charge in [-0.2, -0.15) is 0 Å². The van der Waals surface area contributed by atoms with Gasteiger partial charge in [-0.05, 0) is 25.1 Å².